The number of nitrogens with zero attached hydrogens (tertiary/aromatic N) is 1. The SMILES string of the molecule is CCC1(CC)CNC(CC(C)C)CN1CCS(C)(=O)=O. The first-order valence-electron chi connectivity index (χ1n) is 7.88. The van der Waals surface area contributed by atoms with Crippen LogP contribution in [0, 0.1) is 5.92 Å². The van der Waals surface area contributed by atoms with Crippen molar-refractivity contribution in [3.8, 4) is 0 Å². The Labute approximate surface area is 125 Å². The second-order valence-electron chi connectivity index (χ2n) is 6.71. The Bertz CT molecular complexity index is 389. The molecular weight excluding hydrogens is 272 g/mol. The third-order valence-electron chi connectivity index (χ3n) is 4.64. The smallest absolute Gasteiger partial charge is 0.148 e. The zero-order valence-electron chi connectivity index (χ0n) is 13.8. The Hall–Kier alpha value is -0.130. The highest BCUT2D eigenvalue weighted by Gasteiger charge is 2.38. The van der Waals surface area contributed by atoms with Crippen molar-refractivity contribution in [1.29, 1.82) is 0 Å². The summed E-state index contributed by atoms with van der Waals surface area (Å²) in [4.78, 5) is 2.43. The Morgan fingerprint density at radius 3 is 2.35 bits per heavy atom. The lowest BCUT2D eigenvalue weighted by atomic mass is 9.86. The Morgan fingerprint density at radius 2 is 1.90 bits per heavy atom. The van der Waals surface area contributed by atoms with E-state index in [2.05, 4.69) is 37.9 Å². The summed E-state index contributed by atoms with van der Waals surface area (Å²) in [7, 11) is -2.89. The Balaban J connectivity index is 2.77. The van der Waals surface area contributed by atoms with E-state index in [0.717, 1.165) is 32.4 Å². The van der Waals surface area contributed by atoms with Gasteiger partial charge in [-0.3, -0.25) is 4.90 Å². The van der Waals surface area contributed by atoms with Crippen LogP contribution in [0.25, 0.3) is 0 Å². The third-order valence-corrected chi connectivity index (χ3v) is 5.56. The summed E-state index contributed by atoms with van der Waals surface area (Å²) in [6.45, 7) is 11.5. The van der Waals surface area contributed by atoms with Gasteiger partial charge in [-0.2, -0.15) is 0 Å². The average Bonchev–Trinajstić information content (AvgIpc) is 2.35. The number of sulfone groups is 1. The van der Waals surface area contributed by atoms with Gasteiger partial charge in [-0.25, -0.2) is 8.42 Å². The maximum absolute atomic E-state index is 11.5. The van der Waals surface area contributed by atoms with Gasteiger partial charge in [-0.1, -0.05) is 27.7 Å². The summed E-state index contributed by atoms with van der Waals surface area (Å²) >= 11 is 0. The highest BCUT2D eigenvalue weighted by Crippen LogP contribution is 2.28. The molecule has 20 heavy (non-hydrogen) atoms. The van der Waals surface area contributed by atoms with E-state index < -0.39 is 9.84 Å². The van der Waals surface area contributed by atoms with Crippen molar-refractivity contribution in [2.75, 3.05) is 31.6 Å². The summed E-state index contributed by atoms with van der Waals surface area (Å²) in [6.07, 6.45) is 4.61. The van der Waals surface area contributed by atoms with E-state index in [0.29, 0.717) is 18.5 Å². The van der Waals surface area contributed by atoms with Crippen molar-refractivity contribution >= 4 is 9.84 Å². The van der Waals surface area contributed by atoms with Crippen LogP contribution in [0.1, 0.15) is 47.0 Å². The van der Waals surface area contributed by atoms with Gasteiger partial charge in [-0.05, 0) is 25.2 Å². The van der Waals surface area contributed by atoms with Gasteiger partial charge in [0.1, 0.15) is 9.84 Å². The van der Waals surface area contributed by atoms with Crippen LogP contribution in [0.4, 0.5) is 0 Å². The topological polar surface area (TPSA) is 49.4 Å². The highest BCUT2D eigenvalue weighted by atomic mass is 32.2. The molecule has 0 spiro atoms. The molecule has 120 valence electrons. The van der Waals surface area contributed by atoms with E-state index in [-0.39, 0.29) is 11.3 Å². The molecule has 1 rings (SSSR count). The fraction of sp³-hybridized carbons (Fsp3) is 1.00. The van der Waals surface area contributed by atoms with Crippen LogP contribution in [0.15, 0.2) is 0 Å². The molecule has 1 aliphatic rings. The summed E-state index contributed by atoms with van der Waals surface area (Å²) in [5, 5.41) is 3.68. The van der Waals surface area contributed by atoms with E-state index in [9.17, 15) is 8.42 Å². The summed E-state index contributed by atoms with van der Waals surface area (Å²) < 4.78 is 23.0. The van der Waals surface area contributed by atoms with E-state index >= 15 is 0 Å². The lowest BCUT2D eigenvalue weighted by molar-refractivity contribution is 0.0330. The van der Waals surface area contributed by atoms with Crippen LogP contribution in [-0.2, 0) is 9.84 Å². The lowest BCUT2D eigenvalue weighted by Crippen LogP contribution is -2.65. The summed E-state index contributed by atoms with van der Waals surface area (Å²) in [6, 6.07) is 0.487. The molecule has 1 saturated heterocycles. The molecule has 0 radical (unpaired) electrons. The Morgan fingerprint density at radius 1 is 1.30 bits per heavy atom. The minimum atomic E-state index is -2.89. The van der Waals surface area contributed by atoms with Gasteiger partial charge in [0, 0.05) is 37.5 Å². The molecular formula is C15H32N2O2S. The fourth-order valence-electron chi connectivity index (χ4n) is 3.25. The van der Waals surface area contributed by atoms with Gasteiger partial charge in [0.05, 0.1) is 5.75 Å². The van der Waals surface area contributed by atoms with E-state index in [1.807, 2.05) is 0 Å². The molecule has 1 heterocycles. The first kappa shape index (κ1) is 17.9. The Kier molecular flexibility index (Phi) is 6.48. The van der Waals surface area contributed by atoms with Crippen molar-refractivity contribution < 1.29 is 8.42 Å². The fourth-order valence-corrected chi connectivity index (χ4v) is 3.80. The predicted molar refractivity (Wildman–Crippen MR) is 85.8 cm³/mol. The second-order valence-corrected chi connectivity index (χ2v) is 8.97. The largest absolute Gasteiger partial charge is 0.311 e. The average molecular weight is 304 g/mol. The highest BCUT2D eigenvalue weighted by molar-refractivity contribution is 7.90. The van der Waals surface area contributed by atoms with Gasteiger partial charge in [0.25, 0.3) is 0 Å². The van der Waals surface area contributed by atoms with Crippen LogP contribution in [-0.4, -0.2) is 56.5 Å². The number of hydrogen-bond acceptors (Lipinski definition) is 4. The molecule has 0 bridgehead atoms. The van der Waals surface area contributed by atoms with E-state index in [1.54, 1.807) is 0 Å². The first-order chi connectivity index (χ1) is 9.22. The van der Waals surface area contributed by atoms with Crippen LogP contribution >= 0.6 is 0 Å². The van der Waals surface area contributed by atoms with Crippen LogP contribution < -0.4 is 5.32 Å². The van der Waals surface area contributed by atoms with Gasteiger partial charge in [0.2, 0.25) is 0 Å². The molecule has 0 saturated carbocycles. The minimum absolute atomic E-state index is 0.123. The van der Waals surface area contributed by atoms with Gasteiger partial charge >= 0.3 is 0 Å². The molecule has 4 nitrogen and oxygen atoms in total. The molecule has 0 aromatic heterocycles. The molecule has 0 aliphatic carbocycles. The number of nitrogens with one attached hydrogen (secondary N) is 1. The van der Waals surface area contributed by atoms with Gasteiger partial charge in [-0.15, -0.1) is 0 Å². The molecule has 0 aromatic carbocycles. The van der Waals surface area contributed by atoms with Crippen molar-refractivity contribution in [2.45, 2.75) is 58.5 Å². The molecule has 1 aliphatic heterocycles. The molecule has 0 aromatic rings. The van der Waals surface area contributed by atoms with Gasteiger partial charge in [0.15, 0.2) is 0 Å². The number of hydrogen-bond donors (Lipinski definition) is 1. The normalized spacial score (nSPS) is 24.2. The molecule has 1 fully saturated rings. The molecule has 0 amide bonds. The zero-order valence-corrected chi connectivity index (χ0v) is 14.6. The predicted octanol–water partition coefficient (Wildman–Crippen LogP) is 1.91. The monoisotopic (exact) mass is 304 g/mol. The van der Waals surface area contributed by atoms with Crippen molar-refractivity contribution in [3.05, 3.63) is 0 Å². The zero-order chi connectivity index (χ0) is 15.4. The van der Waals surface area contributed by atoms with Crippen LogP contribution in [0.5, 0.6) is 0 Å². The van der Waals surface area contributed by atoms with Crippen molar-refractivity contribution in [2.24, 2.45) is 5.92 Å². The molecule has 1 atom stereocenters. The van der Waals surface area contributed by atoms with E-state index in [4.69, 9.17) is 0 Å². The molecule has 5 heteroatoms. The van der Waals surface area contributed by atoms with Crippen LogP contribution in [0.2, 0.25) is 0 Å². The number of piperazine rings is 1. The second kappa shape index (κ2) is 7.23. The minimum Gasteiger partial charge on any atom is -0.311 e. The first-order valence-corrected chi connectivity index (χ1v) is 9.94. The van der Waals surface area contributed by atoms with E-state index in [1.165, 1.54) is 6.26 Å². The number of rotatable bonds is 7. The van der Waals surface area contributed by atoms with Crippen LogP contribution in [0.3, 0.4) is 0 Å². The quantitative estimate of drug-likeness (QED) is 0.780. The van der Waals surface area contributed by atoms with Crippen molar-refractivity contribution in [3.63, 3.8) is 0 Å². The third kappa shape index (κ3) is 5.01. The maximum atomic E-state index is 11.5. The lowest BCUT2D eigenvalue weighted by Gasteiger charge is -2.50. The summed E-state index contributed by atoms with van der Waals surface area (Å²) in [5.41, 5.74) is 0.123. The maximum Gasteiger partial charge on any atom is 0.148 e. The summed E-state index contributed by atoms with van der Waals surface area (Å²) in [5.74, 6) is 0.934. The molecule has 1 unspecified atom stereocenters. The van der Waals surface area contributed by atoms with Crippen molar-refractivity contribution in [1.82, 2.24) is 10.2 Å². The molecule has 1 N–H and O–H groups in total. The standard InChI is InChI=1S/C15H32N2O2S/c1-6-15(7-2)12-16-14(10-13(3)4)11-17(15)8-9-20(5,18)19/h13-14,16H,6-12H2,1-5H3. The van der Waals surface area contributed by atoms with Gasteiger partial charge < -0.3 is 5.32 Å².